The highest BCUT2D eigenvalue weighted by molar-refractivity contribution is 5.93. The molecule has 136 valence electrons. The van der Waals surface area contributed by atoms with E-state index in [0.29, 0.717) is 22.7 Å². The average molecular weight is 362 g/mol. The number of benzene rings is 2. The van der Waals surface area contributed by atoms with Gasteiger partial charge in [0.2, 0.25) is 5.91 Å². The first-order valence-electron chi connectivity index (χ1n) is 8.31. The smallest absolute Gasteiger partial charge is 0.245 e. The molecule has 27 heavy (non-hydrogen) atoms. The summed E-state index contributed by atoms with van der Waals surface area (Å²) in [6.45, 7) is 1.51. The summed E-state index contributed by atoms with van der Waals surface area (Å²) in [5.41, 5.74) is 12.2. The number of carbonyl (C=O) groups excluding carboxylic acids is 1. The molecule has 0 saturated carbocycles. The van der Waals surface area contributed by atoms with Crippen LogP contribution in [-0.4, -0.2) is 32.6 Å². The molecule has 2 aromatic carbocycles. The molecule has 0 bridgehead atoms. The number of hydrogen-bond donors (Lipinski definition) is 2. The van der Waals surface area contributed by atoms with Gasteiger partial charge in [0, 0.05) is 10.9 Å². The van der Waals surface area contributed by atoms with Crippen molar-refractivity contribution in [1.29, 1.82) is 0 Å². The van der Waals surface area contributed by atoms with E-state index in [1.54, 1.807) is 7.11 Å². The lowest BCUT2D eigenvalue weighted by Crippen LogP contribution is -2.48. The van der Waals surface area contributed by atoms with Crippen molar-refractivity contribution in [1.82, 2.24) is 19.6 Å². The van der Waals surface area contributed by atoms with Crippen molar-refractivity contribution >= 4 is 22.5 Å². The number of fused-ring (bicyclic) bond motifs is 3. The predicted molar refractivity (Wildman–Crippen MR) is 101 cm³/mol. The van der Waals surface area contributed by atoms with Crippen LogP contribution in [0, 0.1) is 0 Å². The predicted octanol–water partition coefficient (Wildman–Crippen LogP) is 1.61. The SMILES string of the molecule is COc1cccc(-c2nc3c4ccccc4nc([C@@](C)(N)C(N)=O)n3n2)c1. The number of aromatic nitrogens is 4. The van der Waals surface area contributed by atoms with Crippen molar-refractivity contribution in [3.8, 4) is 17.1 Å². The molecule has 0 unspecified atom stereocenters. The van der Waals surface area contributed by atoms with Gasteiger partial charge in [-0.2, -0.15) is 4.52 Å². The van der Waals surface area contributed by atoms with Crippen LogP contribution in [0.3, 0.4) is 0 Å². The molecule has 0 fully saturated rings. The molecule has 8 nitrogen and oxygen atoms in total. The first-order valence-corrected chi connectivity index (χ1v) is 8.31. The number of nitrogens with two attached hydrogens (primary N) is 2. The van der Waals surface area contributed by atoms with Crippen LogP contribution in [0.25, 0.3) is 27.9 Å². The lowest BCUT2D eigenvalue weighted by Gasteiger charge is -2.20. The summed E-state index contributed by atoms with van der Waals surface area (Å²) in [4.78, 5) is 21.2. The third kappa shape index (κ3) is 2.67. The van der Waals surface area contributed by atoms with Crippen molar-refractivity contribution in [2.75, 3.05) is 7.11 Å². The topological polar surface area (TPSA) is 121 Å². The highest BCUT2D eigenvalue weighted by Crippen LogP contribution is 2.27. The molecular weight excluding hydrogens is 344 g/mol. The molecule has 4 aromatic rings. The molecule has 0 aliphatic heterocycles. The molecule has 1 amide bonds. The van der Waals surface area contributed by atoms with Crippen molar-refractivity contribution < 1.29 is 9.53 Å². The van der Waals surface area contributed by atoms with E-state index >= 15 is 0 Å². The summed E-state index contributed by atoms with van der Waals surface area (Å²) in [5, 5.41) is 5.35. The van der Waals surface area contributed by atoms with Crippen LogP contribution < -0.4 is 16.2 Å². The van der Waals surface area contributed by atoms with Gasteiger partial charge in [-0.1, -0.05) is 24.3 Å². The van der Waals surface area contributed by atoms with E-state index in [1.165, 1.54) is 11.4 Å². The summed E-state index contributed by atoms with van der Waals surface area (Å²) in [7, 11) is 1.60. The Kier molecular flexibility index (Phi) is 3.78. The molecule has 2 aromatic heterocycles. The number of amides is 1. The molecule has 0 radical (unpaired) electrons. The Bertz CT molecular complexity index is 1180. The second kappa shape index (κ2) is 6.03. The van der Waals surface area contributed by atoms with Gasteiger partial charge >= 0.3 is 0 Å². The Labute approximate surface area is 154 Å². The number of ether oxygens (including phenoxy) is 1. The molecular formula is C19H18N6O2. The minimum absolute atomic E-state index is 0.227. The number of rotatable bonds is 4. The second-order valence-corrected chi connectivity index (χ2v) is 6.42. The van der Waals surface area contributed by atoms with Crippen molar-refractivity contribution in [3.63, 3.8) is 0 Å². The molecule has 1 atom stereocenters. The van der Waals surface area contributed by atoms with Crippen LogP contribution in [0.2, 0.25) is 0 Å². The van der Waals surface area contributed by atoms with E-state index in [4.69, 9.17) is 16.2 Å². The highest BCUT2D eigenvalue weighted by atomic mass is 16.5. The maximum Gasteiger partial charge on any atom is 0.245 e. The van der Waals surface area contributed by atoms with Gasteiger partial charge in [-0.15, -0.1) is 5.10 Å². The van der Waals surface area contributed by atoms with E-state index in [9.17, 15) is 4.79 Å². The number of carbonyl (C=O) groups is 1. The summed E-state index contributed by atoms with van der Waals surface area (Å²) < 4.78 is 6.76. The zero-order valence-corrected chi connectivity index (χ0v) is 14.9. The molecule has 0 aliphatic rings. The summed E-state index contributed by atoms with van der Waals surface area (Å²) >= 11 is 0. The van der Waals surface area contributed by atoms with Gasteiger partial charge < -0.3 is 16.2 Å². The third-order valence-electron chi connectivity index (χ3n) is 4.48. The average Bonchev–Trinajstić information content (AvgIpc) is 3.12. The standard InChI is InChI=1S/C19H18N6O2/c1-19(21,17(20)26)18-22-14-9-4-3-8-13(14)16-23-15(24-25(16)18)11-6-5-7-12(10-11)27-2/h3-10H,21H2,1-2H3,(H2,20,26)/t19-/m0/s1. The van der Waals surface area contributed by atoms with Gasteiger partial charge in [-0.3, -0.25) is 4.79 Å². The summed E-state index contributed by atoms with van der Waals surface area (Å²) in [5.74, 6) is 0.680. The quantitative estimate of drug-likeness (QED) is 0.569. The van der Waals surface area contributed by atoms with Crippen molar-refractivity contribution in [3.05, 3.63) is 54.4 Å². The molecule has 0 aliphatic carbocycles. The summed E-state index contributed by atoms with van der Waals surface area (Å²) in [6.07, 6.45) is 0. The minimum atomic E-state index is -1.51. The van der Waals surface area contributed by atoms with Gasteiger partial charge in [0.1, 0.15) is 5.75 Å². The molecule has 8 heteroatoms. The lowest BCUT2D eigenvalue weighted by atomic mass is 10.0. The Balaban J connectivity index is 2.06. The maximum absolute atomic E-state index is 11.9. The second-order valence-electron chi connectivity index (χ2n) is 6.42. The van der Waals surface area contributed by atoms with Gasteiger partial charge in [0.05, 0.1) is 12.6 Å². The van der Waals surface area contributed by atoms with E-state index < -0.39 is 11.4 Å². The van der Waals surface area contributed by atoms with Crippen LogP contribution in [-0.2, 0) is 10.3 Å². The number of para-hydroxylation sites is 1. The maximum atomic E-state index is 11.9. The Hall–Kier alpha value is -3.52. The van der Waals surface area contributed by atoms with Crippen LogP contribution in [0.4, 0.5) is 0 Å². The van der Waals surface area contributed by atoms with Crippen LogP contribution in [0.5, 0.6) is 5.75 Å². The first-order chi connectivity index (χ1) is 12.9. The molecule has 4 N–H and O–H groups in total. The van der Waals surface area contributed by atoms with Crippen LogP contribution in [0.1, 0.15) is 12.7 Å². The number of hydrogen-bond acceptors (Lipinski definition) is 6. The Morgan fingerprint density at radius 1 is 1.15 bits per heavy atom. The number of methoxy groups -OCH3 is 1. The summed E-state index contributed by atoms with van der Waals surface area (Å²) in [6, 6.07) is 14.9. The molecule has 0 spiro atoms. The fourth-order valence-corrected chi connectivity index (χ4v) is 2.89. The number of primary amides is 1. The van der Waals surface area contributed by atoms with Gasteiger partial charge in [0.15, 0.2) is 22.8 Å². The van der Waals surface area contributed by atoms with Crippen molar-refractivity contribution in [2.45, 2.75) is 12.5 Å². The Morgan fingerprint density at radius 2 is 1.93 bits per heavy atom. The van der Waals surface area contributed by atoms with Gasteiger partial charge in [-0.25, -0.2) is 9.97 Å². The van der Waals surface area contributed by atoms with Gasteiger partial charge in [0.25, 0.3) is 0 Å². The van der Waals surface area contributed by atoms with Crippen LogP contribution in [0.15, 0.2) is 48.5 Å². The Morgan fingerprint density at radius 3 is 2.67 bits per heavy atom. The largest absolute Gasteiger partial charge is 0.497 e. The third-order valence-corrected chi connectivity index (χ3v) is 4.48. The molecule has 2 heterocycles. The fourth-order valence-electron chi connectivity index (χ4n) is 2.89. The lowest BCUT2D eigenvalue weighted by molar-refractivity contribution is -0.123. The van der Waals surface area contributed by atoms with Crippen molar-refractivity contribution in [2.24, 2.45) is 11.5 Å². The van der Waals surface area contributed by atoms with E-state index in [-0.39, 0.29) is 5.82 Å². The number of nitrogens with zero attached hydrogens (tertiary/aromatic N) is 4. The van der Waals surface area contributed by atoms with Gasteiger partial charge in [-0.05, 0) is 31.2 Å². The van der Waals surface area contributed by atoms with E-state index in [0.717, 1.165) is 10.9 Å². The van der Waals surface area contributed by atoms with E-state index in [1.807, 2.05) is 48.5 Å². The molecule has 0 saturated heterocycles. The van der Waals surface area contributed by atoms with E-state index in [2.05, 4.69) is 15.1 Å². The monoisotopic (exact) mass is 362 g/mol. The zero-order valence-electron chi connectivity index (χ0n) is 14.9. The normalized spacial score (nSPS) is 13.6. The highest BCUT2D eigenvalue weighted by Gasteiger charge is 2.34. The minimum Gasteiger partial charge on any atom is -0.497 e. The molecule has 4 rings (SSSR count). The zero-order chi connectivity index (χ0) is 19.2. The fraction of sp³-hybridized carbons (Fsp3) is 0.158. The first kappa shape index (κ1) is 16.9. The van der Waals surface area contributed by atoms with Crippen LogP contribution >= 0.6 is 0 Å².